The molecular weight excluding hydrogens is 398 g/mol. The highest BCUT2D eigenvalue weighted by Gasteiger charge is 2.25. The Hall–Kier alpha value is -3.56. The lowest BCUT2D eigenvalue weighted by atomic mass is 10.2. The molecule has 1 saturated heterocycles. The lowest BCUT2D eigenvalue weighted by molar-refractivity contribution is -0.892. The number of piperazine rings is 1. The van der Waals surface area contributed by atoms with Crippen LogP contribution in [0, 0.1) is 25.2 Å². The summed E-state index contributed by atoms with van der Waals surface area (Å²) in [7, 11) is 0. The molecule has 164 valence electrons. The summed E-state index contributed by atoms with van der Waals surface area (Å²) in [5.41, 5.74) is 4.84. The minimum absolute atomic E-state index is 0.0449. The molecule has 1 aliphatic rings. The molecule has 6 heteroatoms. The van der Waals surface area contributed by atoms with E-state index in [1.165, 1.54) is 10.6 Å². The number of anilines is 2. The highest BCUT2D eigenvalue weighted by atomic mass is 16.2. The average molecular weight is 429 g/mol. The number of amides is 1. The Morgan fingerprint density at radius 3 is 2.28 bits per heavy atom. The van der Waals surface area contributed by atoms with Crippen molar-refractivity contribution < 1.29 is 9.69 Å². The molecule has 0 aliphatic carbocycles. The summed E-state index contributed by atoms with van der Waals surface area (Å²) in [6.45, 7) is 8.65. The number of rotatable bonds is 6. The van der Waals surface area contributed by atoms with E-state index in [4.69, 9.17) is 0 Å². The van der Waals surface area contributed by atoms with Gasteiger partial charge in [0.25, 0.3) is 5.91 Å². The van der Waals surface area contributed by atoms with Gasteiger partial charge < -0.3 is 19.7 Å². The molecule has 0 radical (unpaired) electrons. The summed E-state index contributed by atoms with van der Waals surface area (Å²) in [4.78, 5) is 16.6. The average Bonchev–Trinajstić information content (AvgIpc) is 3.04. The van der Waals surface area contributed by atoms with Gasteiger partial charge in [0.05, 0.1) is 31.7 Å². The van der Waals surface area contributed by atoms with Crippen molar-refractivity contribution >= 4 is 17.4 Å². The van der Waals surface area contributed by atoms with Gasteiger partial charge in [-0.05, 0) is 37.1 Å². The quantitative estimate of drug-likeness (QED) is 0.634. The van der Waals surface area contributed by atoms with Crippen molar-refractivity contribution in [2.24, 2.45) is 0 Å². The second-order valence-electron chi connectivity index (χ2n) is 8.42. The van der Waals surface area contributed by atoms with Crippen LogP contribution in [0.2, 0.25) is 0 Å². The molecule has 0 unspecified atom stereocenters. The fourth-order valence-corrected chi connectivity index (χ4v) is 4.39. The van der Waals surface area contributed by atoms with Gasteiger partial charge in [0, 0.05) is 17.9 Å². The Morgan fingerprint density at radius 2 is 1.66 bits per heavy atom. The molecule has 2 heterocycles. The molecule has 2 aromatic carbocycles. The number of carbonyl (C=O) groups excluding carboxylic acids is 1. The zero-order chi connectivity index (χ0) is 22.5. The molecule has 0 saturated carbocycles. The van der Waals surface area contributed by atoms with E-state index >= 15 is 0 Å². The first kappa shape index (κ1) is 21.7. The van der Waals surface area contributed by atoms with Crippen molar-refractivity contribution in [2.45, 2.75) is 20.4 Å². The van der Waals surface area contributed by atoms with Gasteiger partial charge in [0.15, 0.2) is 6.54 Å². The third kappa shape index (κ3) is 4.68. The molecule has 0 spiro atoms. The van der Waals surface area contributed by atoms with E-state index < -0.39 is 0 Å². The topological polar surface area (TPSA) is 65.5 Å². The van der Waals surface area contributed by atoms with Crippen molar-refractivity contribution in [1.82, 2.24) is 4.57 Å². The summed E-state index contributed by atoms with van der Waals surface area (Å²) in [5.74, 6) is 0.565. The van der Waals surface area contributed by atoms with Crippen LogP contribution in [0.3, 0.4) is 0 Å². The lowest BCUT2D eigenvalue weighted by Gasteiger charge is -2.33. The first-order valence-corrected chi connectivity index (χ1v) is 11.1. The fourth-order valence-electron chi connectivity index (χ4n) is 4.39. The molecule has 2 N–H and O–H groups in total. The van der Waals surface area contributed by atoms with Crippen molar-refractivity contribution in [2.75, 3.05) is 42.9 Å². The van der Waals surface area contributed by atoms with Gasteiger partial charge >= 0.3 is 0 Å². The van der Waals surface area contributed by atoms with E-state index in [9.17, 15) is 10.1 Å². The van der Waals surface area contributed by atoms with Crippen molar-refractivity contribution in [1.29, 1.82) is 5.26 Å². The van der Waals surface area contributed by atoms with Crippen LogP contribution in [0.1, 0.15) is 22.4 Å². The molecule has 1 aromatic heterocycles. The number of aromatic nitrogens is 1. The van der Waals surface area contributed by atoms with Gasteiger partial charge in [-0.15, -0.1) is 0 Å². The van der Waals surface area contributed by atoms with Crippen molar-refractivity contribution in [3.05, 3.63) is 83.0 Å². The van der Waals surface area contributed by atoms with E-state index in [2.05, 4.69) is 52.7 Å². The Labute approximate surface area is 189 Å². The number of nitrogens with one attached hydrogen (secondary N) is 2. The maximum absolute atomic E-state index is 13.0. The molecule has 1 amide bonds. The van der Waals surface area contributed by atoms with E-state index in [1.54, 1.807) is 0 Å². The van der Waals surface area contributed by atoms with E-state index in [0.717, 1.165) is 43.0 Å². The fraction of sp³-hybridized carbons (Fsp3) is 0.308. The second kappa shape index (κ2) is 9.71. The second-order valence-corrected chi connectivity index (χ2v) is 8.42. The van der Waals surface area contributed by atoms with Crippen LogP contribution in [0.15, 0.2) is 60.7 Å². The van der Waals surface area contributed by atoms with Crippen LogP contribution in [0.5, 0.6) is 0 Å². The first-order chi connectivity index (χ1) is 15.6. The largest absolute Gasteiger partial charge is 0.360 e. The molecular formula is C26H30N5O+. The number of nitrogens with zero attached hydrogens (tertiary/aromatic N) is 3. The summed E-state index contributed by atoms with van der Waals surface area (Å²) < 4.78 is 2.05. The number of para-hydroxylation sites is 1. The molecule has 0 atom stereocenters. The van der Waals surface area contributed by atoms with E-state index in [0.29, 0.717) is 24.5 Å². The summed E-state index contributed by atoms with van der Waals surface area (Å²) in [6, 6.07) is 22.8. The maximum atomic E-state index is 13.0. The van der Waals surface area contributed by atoms with Gasteiger partial charge in [-0.1, -0.05) is 48.5 Å². The highest BCUT2D eigenvalue weighted by Crippen LogP contribution is 2.27. The smallest absolute Gasteiger partial charge is 0.280 e. The third-order valence-electron chi connectivity index (χ3n) is 6.38. The van der Waals surface area contributed by atoms with E-state index in [1.807, 2.05) is 42.7 Å². The van der Waals surface area contributed by atoms with Crippen LogP contribution in [-0.4, -0.2) is 43.2 Å². The number of hydrogen-bond acceptors (Lipinski definition) is 3. The minimum Gasteiger partial charge on any atom is -0.360 e. The maximum Gasteiger partial charge on any atom is 0.280 e. The highest BCUT2D eigenvalue weighted by molar-refractivity contribution is 5.92. The predicted octanol–water partition coefficient (Wildman–Crippen LogP) is 2.37. The summed E-state index contributed by atoms with van der Waals surface area (Å²) in [5, 5.41) is 12.8. The van der Waals surface area contributed by atoms with Gasteiger partial charge in [-0.2, -0.15) is 5.26 Å². The van der Waals surface area contributed by atoms with E-state index in [-0.39, 0.29) is 5.91 Å². The van der Waals surface area contributed by atoms with Crippen LogP contribution >= 0.6 is 0 Å². The van der Waals surface area contributed by atoms with Gasteiger partial charge in [-0.25, -0.2) is 0 Å². The first-order valence-electron chi connectivity index (χ1n) is 11.1. The Bertz CT molecular complexity index is 1110. The third-order valence-corrected chi connectivity index (χ3v) is 6.38. The molecule has 1 fully saturated rings. The summed E-state index contributed by atoms with van der Waals surface area (Å²) in [6.07, 6.45) is 0. The van der Waals surface area contributed by atoms with Crippen LogP contribution < -0.4 is 15.1 Å². The zero-order valence-electron chi connectivity index (χ0n) is 18.8. The Balaban J connectivity index is 1.43. The number of benzene rings is 2. The van der Waals surface area contributed by atoms with Gasteiger partial charge in [-0.3, -0.25) is 4.79 Å². The zero-order valence-corrected chi connectivity index (χ0v) is 18.8. The molecule has 4 rings (SSSR count). The lowest BCUT2D eigenvalue weighted by Crippen LogP contribution is -3.15. The number of quaternary nitrogens is 1. The van der Waals surface area contributed by atoms with Crippen molar-refractivity contribution in [3.63, 3.8) is 0 Å². The molecule has 3 aromatic rings. The Kier molecular flexibility index (Phi) is 6.58. The number of carbonyl (C=O) groups is 1. The standard InChI is InChI=1S/C26H29N5O/c1-20-21(2)31(18-22-9-5-3-6-10-22)26(24(20)17-27)28-25(32)19-29-13-15-30(16-14-29)23-11-7-4-8-12-23/h3-12H,13-16,18-19H2,1-2H3,(H,28,32)/p+1. The van der Waals surface area contributed by atoms with Gasteiger partial charge in [0.1, 0.15) is 11.9 Å². The van der Waals surface area contributed by atoms with Crippen LogP contribution in [-0.2, 0) is 11.3 Å². The predicted molar refractivity (Wildman–Crippen MR) is 127 cm³/mol. The number of nitriles is 1. The Morgan fingerprint density at radius 1 is 1.03 bits per heavy atom. The monoisotopic (exact) mass is 428 g/mol. The molecule has 6 nitrogen and oxygen atoms in total. The number of hydrogen-bond donors (Lipinski definition) is 2. The van der Waals surface area contributed by atoms with Crippen LogP contribution in [0.25, 0.3) is 0 Å². The SMILES string of the molecule is Cc1c(C#N)c(NC(=O)C[NH+]2CCN(c3ccccc3)CC2)n(Cc2ccccc2)c1C. The van der Waals surface area contributed by atoms with Crippen molar-refractivity contribution in [3.8, 4) is 6.07 Å². The van der Waals surface area contributed by atoms with Gasteiger partial charge in [0.2, 0.25) is 0 Å². The molecule has 0 bridgehead atoms. The molecule has 1 aliphatic heterocycles. The minimum atomic E-state index is -0.0449. The molecule has 32 heavy (non-hydrogen) atoms. The van der Waals surface area contributed by atoms with Crippen LogP contribution in [0.4, 0.5) is 11.5 Å². The summed E-state index contributed by atoms with van der Waals surface area (Å²) >= 11 is 0. The normalized spacial score (nSPS) is 14.2.